The van der Waals surface area contributed by atoms with Gasteiger partial charge in [-0.2, -0.15) is 0 Å². The first kappa shape index (κ1) is 15.0. The van der Waals surface area contributed by atoms with E-state index in [4.69, 9.17) is 0 Å². The van der Waals surface area contributed by atoms with Crippen LogP contribution in [-0.2, 0) is 0 Å². The van der Waals surface area contributed by atoms with Gasteiger partial charge in [0.05, 0.1) is 10.9 Å². The Hall–Kier alpha value is -1.43. The van der Waals surface area contributed by atoms with Crippen LogP contribution in [0, 0.1) is 0 Å². The van der Waals surface area contributed by atoms with Crippen LogP contribution in [0.3, 0.4) is 0 Å². The molecule has 4 nitrogen and oxygen atoms in total. The number of piperazine rings is 1. The summed E-state index contributed by atoms with van der Waals surface area (Å²) in [5.41, 5.74) is 1.08. The lowest BCUT2D eigenvalue weighted by molar-refractivity contribution is 0.0639. The zero-order valence-corrected chi connectivity index (χ0v) is 12.5. The number of hydrogen-bond acceptors (Lipinski definition) is 4. The molecule has 0 aliphatic carbocycles. The predicted octanol–water partition coefficient (Wildman–Crippen LogP) is 2.35. The van der Waals surface area contributed by atoms with Crippen molar-refractivity contribution < 1.29 is 4.79 Å². The quantitative estimate of drug-likeness (QED) is 0.926. The number of nitrogens with zero attached hydrogens (tertiary/aromatic N) is 2. The number of rotatable bonds is 2. The van der Waals surface area contributed by atoms with Crippen LogP contribution in [0.1, 0.15) is 21.3 Å². The molecular weight excluding hydrogens is 294 g/mol. The van der Waals surface area contributed by atoms with Crippen molar-refractivity contribution in [1.82, 2.24) is 15.2 Å². The van der Waals surface area contributed by atoms with Crippen LogP contribution < -0.4 is 5.32 Å². The maximum atomic E-state index is 12.5. The Kier molecular flexibility index (Phi) is 5.11. The molecule has 3 heterocycles. The first-order valence-corrected chi connectivity index (χ1v) is 7.19. The normalized spacial score (nSPS) is 18.4. The minimum atomic E-state index is 0. The van der Waals surface area contributed by atoms with E-state index in [-0.39, 0.29) is 24.4 Å². The Morgan fingerprint density at radius 3 is 3.00 bits per heavy atom. The van der Waals surface area contributed by atoms with E-state index in [1.165, 1.54) is 11.3 Å². The molecule has 0 radical (unpaired) electrons. The Balaban J connectivity index is 0.00000147. The van der Waals surface area contributed by atoms with E-state index in [2.05, 4.69) is 10.3 Å². The van der Waals surface area contributed by atoms with Crippen molar-refractivity contribution in [2.24, 2.45) is 0 Å². The summed E-state index contributed by atoms with van der Waals surface area (Å²) in [5.74, 6) is 0.116. The molecule has 20 heavy (non-hydrogen) atoms. The van der Waals surface area contributed by atoms with Gasteiger partial charge in [0.1, 0.15) is 0 Å². The van der Waals surface area contributed by atoms with Gasteiger partial charge in [0.2, 0.25) is 0 Å². The number of pyridine rings is 1. The molecule has 1 unspecified atom stereocenters. The average Bonchev–Trinajstić information content (AvgIpc) is 3.02. The van der Waals surface area contributed by atoms with Crippen molar-refractivity contribution in [2.75, 3.05) is 19.6 Å². The van der Waals surface area contributed by atoms with Crippen LogP contribution in [-0.4, -0.2) is 35.4 Å². The maximum Gasteiger partial charge on any atom is 0.264 e. The topological polar surface area (TPSA) is 45.2 Å². The lowest BCUT2D eigenvalue weighted by atomic mass is 10.1. The first-order valence-electron chi connectivity index (χ1n) is 6.31. The summed E-state index contributed by atoms with van der Waals surface area (Å²) >= 11 is 1.49. The van der Waals surface area contributed by atoms with Gasteiger partial charge < -0.3 is 10.2 Å². The maximum absolute atomic E-state index is 12.5. The molecule has 0 saturated carbocycles. The standard InChI is InChI=1S/C14H15N3OS.ClH/c18-14(13-4-2-8-19-13)17-7-6-16-10-12(17)11-3-1-5-15-9-11;/h1-5,8-9,12,16H,6-7,10H2;1H. The van der Waals surface area contributed by atoms with Crippen molar-refractivity contribution in [2.45, 2.75) is 6.04 Å². The SMILES string of the molecule is Cl.O=C(c1cccs1)N1CCNCC1c1cccnc1. The fraction of sp³-hybridized carbons (Fsp3) is 0.286. The lowest BCUT2D eigenvalue weighted by Gasteiger charge is -2.36. The van der Waals surface area contributed by atoms with Crippen LogP contribution >= 0.6 is 23.7 Å². The third-order valence-electron chi connectivity index (χ3n) is 3.31. The van der Waals surface area contributed by atoms with Gasteiger partial charge in [-0.3, -0.25) is 9.78 Å². The van der Waals surface area contributed by atoms with E-state index in [0.29, 0.717) is 0 Å². The van der Waals surface area contributed by atoms with E-state index >= 15 is 0 Å². The summed E-state index contributed by atoms with van der Waals surface area (Å²) in [5, 5.41) is 5.28. The zero-order valence-electron chi connectivity index (χ0n) is 10.9. The third-order valence-corrected chi connectivity index (χ3v) is 4.16. The number of carbonyl (C=O) groups is 1. The number of amides is 1. The number of thiophene rings is 1. The summed E-state index contributed by atoms with van der Waals surface area (Å²) in [6.45, 7) is 2.35. The van der Waals surface area contributed by atoms with Gasteiger partial charge in [-0.25, -0.2) is 0 Å². The number of nitrogens with one attached hydrogen (secondary N) is 1. The van der Waals surface area contributed by atoms with Crippen molar-refractivity contribution in [3.63, 3.8) is 0 Å². The van der Waals surface area contributed by atoms with Gasteiger partial charge in [-0.1, -0.05) is 12.1 Å². The smallest absolute Gasteiger partial charge is 0.264 e. The molecule has 0 aromatic carbocycles. The molecule has 1 aliphatic heterocycles. The molecule has 6 heteroatoms. The molecule has 1 aliphatic rings. The van der Waals surface area contributed by atoms with Gasteiger partial charge in [-0.15, -0.1) is 23.7 Å². The average molecular weight is 310 g/mol. The Labute approximate surface area is 128 Å². The number of carbonyl (C=O) groups excluding carboxylic acids is 1. The van der Waals surface area contributed by atoms with Gasteiger partial charge in [0.25, 0.3) is 5.91 Å². The van der Waals surface area contributed by atoms with Crippen LogP contribution in [0.25, 0.3) is 0 Å². The van der Waals surface area contributed by atoms with Crippen molar-refractivity contribution in [3.8, 4) is 0 Å². The second-order valence-corrected chi connectivity index (χ2v) is 5.43. The zero-order chi connectivity index (χ0) is 13.1. The summed E-state index contributed by atoms with van der Waals surface area (Å²) in [6, 6.07) is 7.81. The molecule has 2 aromatic rings. The van der Waals surface area contributed by atoms with Crippen LogP contribution in [0.4, 0.5) is 0 Å². The van der Waals surface area contributed by atoms with Gasteiger partial charge in [-0.05, 0) is 23.1 Å². The molecule has 1 saturated heterocycles. The highest BCUT2D eigenvalue weighted by Gasteiger charge is 2.28. The van der Waals surface area contributed by atoms with E-state index in [1.54, 1.807) is 6.20 Å². The molecule has 1 amide bonds. The number of halogens is 1. The van der Waals surface area contributed by atoms with Gasteiger partial charge in [0.15, 0.2) is 0 Å². The Morgan fingerprint density at radius 2 is 2.30 bits per heavy atom. The Bertz CT molecular complexity index is 547. The van der Waals surface area contributed by atoms with Crippen molar-refractivity contribution in [3.05, 3.63) is 52.5 Å². The largest absolute Gasteiger partial charge is 0.328 e. The highest BCUT2D eigenvalue weighted by Crippen LogP contribution is 2.24. The van der Waals surface area contributed by atoms with E-state index in [1.807, 2.05) is 40.7 Å². The van der Waals surface area contributed by atoms with Crippen LogP contribution in [0.2, 0.25) is 0 Å². The van der Waals surface area contributed by atoms with Crippen molar-refractivity contribution in [1.29, 1.82) is 0 Å². The number of hydrogen-bond donors (Lipinski definition) is 1. The predicted molar refractivity (Wildman–Crippen MR) is 82.5 cm³/mol. The molecule has 2 aromatic heterocycles. The van der Waals surface area contributed by atoms with Crippen molar-refractivity contribution >= 4 is 29.7 Å². The van der Waals surface area contributed by atoms with E-state index in [9.17, 15) is 4.79 Å². The molecule has 0 spiro atoms. The minimum absolute atomic E-state index is 0. The van der Waals surface area contributed by atoms with E-state index in [0.717, 1.165) is 30.1 Å². The second-order valence-electron chi connectivity index (χ2n) is 4.48. The minimum Gasteiger partial charge on any atom is -0.328 e. The molecule has 1 N–H and O–H groups in total. The lowest BCUT2D eigenvalue weighted by Crippen LogP contribution is -2.48. The molecule has 1 fully saturated rings. The first-order chi connectivity index (χ1) is 9.36. The molecule has 1 atom stereocenters. The highest BCUT2D eigenvalue weighted by molar-refractivity contribution is 7.12. The third kappa shape index (κ3) is 3.00. The van der Waals surface area contributed by atoms with Crippen LogP contribution in [0.15, 0.2) is 42.0 Å². The fourth-order valence-corrected chi connectivity index (χ4v) is 3.04. The van der Waals surface area contributed by atoms with E-state index < -0.39 is 0 Å². The summed E-state index contributed by atoms with van der Waals surface area (Å²) in [4.78, 5) is 19.4. The fourth-order valence-electron chi connectivity index (χ4n) is 2.36. The molecule has 0 bridgehead atoms. The monoisotopic (exact) mass is 309 g/mol. The Morgan fingerprint density at radius 1 is 1.40 bits per heavy atom. The molecule has 3 rings (SSSR count). The second kappa shape index (κ2) is 6.83. The van der Waals surface area contributed by atoms with Gasteiger partial charge in [0, 0.05) is 32.0 Å². The summed E-state index contributed by atoms with van der Waals surface area (Å²) in [7, 11) is 0. The summed E-state index contributed by atoms with van der Waals surface area (Å²) in [6.07, 6.45) is 3.59. The highest BCUT2D eigenvalue weighted by atomic mass is 35.5. The van der Waals surface area contributed by atoms with Crippen LogP contribution in [0.5, 0.6) is 0 Å². The molecular formula is C14H16ClN3OS. The van der Waals surface area contributed by atoms with Gasteiger partial charge >= 0.3 is 0 Å². The number of aromatic nitrogens is 1. The molecule has 106 valence electrons. The summed E-state index contributed by atoms with van der Waals surface area (Å²) < 4.78 is 0.